The van der Waals surface area contributed by atoms with Crippen LogP contribution in [0.4, 0.5) is 17.1 Å². The summed E-state index contributed by atoms with van der Waals surface area (Å²) in [6.07, 6.45) is 0. The maximum absolute atomic E-state index is 2.36. The standard InChI is InChI=1S/C42H30N2/c1-3-13-34(14-4-1)42-30-35-15-8-10-20-40(35)44(42)38-28-24-32(25-29-38)31-22-26-37(27-23-31)43(36-17-5-2-6-18-36)41-21-11-16-33-12-7-9-19-39(33)41/h1-30H. The smallest absolute Gasteiger partial charge is 0.0540 e. The van der Waals surface area contributed by atoms with Gasteiger partial charge in [0, 0.05) is 27.8 Å². The van der Waals surface area contributed by atoms with Gasteiger partial charge in [0.25, 0.3) is 0 Å². The Balaban J connectivity index is 1.16. The Morgan fingerprint density at radius 3 is 1.70 bits per heavy atom. The van der Waals surface area contributed by atoms with Crippen molar-refractivity contribution in [2.45, 2.75) is 0 Å². The largest absolute Gasteiger partial charge is 0.310 e. The summed E-state index contributed by atoms with van der Waals surface area (Å²) in [6, 6.07) is 65.0. The van der Waals surface area contributed by atoms with Gasteiger partial charge in [-0.05, 0) is 76.7 Å². The van der Waals surface area contributed by atoms with Crippen molar-refractivity contribution in [3.05, 3.63) is 182 Å². The molecular formula is C42H30N2. The molecule has 1 aromatic heterocycles. The van der Waals surface area contributed by atoms with E-state index in [-0.39, 0.29) is 0 Å². The van der Waals surface area contributed by atoms with Crippen molar-refractivity contribution in [1.29, 1.82) is 0 Å². The molecule has 44 heavy (non-hydrogen) atoms. The van der Waals surface area contributed by atoms with Crippen LogP contribution in [-0.2, 0) is 0 Å². The number of benzene rings is 7. The van der Waals surface area contributed by atoms with Crippen molar-refractivity contribution in [3.8, 4) is 28.1 Å². The van der Waals surface area contributed by atoms with Crippen LogP contribution in [0.15, 0.2) is 182 Å². The maximum atomic E-state index is 2.36. The van der Waals surface area contributed by atoms with Gasteiger partial charge in [-0.2, -0.15) is 0 Å². The first-order chi connectivity index (χ1) is 21.8. The molecule has 0 N–H and O–H groups in total. The summed E-state index contributed by atoms with van der Waals surface area (Å²) in [6.45, 7) is 0. The molecular weight excluding hydrogens is 532 g/mol. The Morgan fingerprint density at radius 1 is 0.386 bits per heavy atom. The van der Waals surface area contributed by atoms with Gasteiger partial charge in [0.1, 0.15) is 0 Å². The van der Waals surface area contributed by atoms with Crippen molar-refractivity contribution in [2.24, 2.45) is 0 Å². The van der Waals surface area contributed by atoms with E-state index in [0.717, 1.165) is 17.1 Å². The lowest BCUT2D eigenvalue weighted by atomic mass is 10.0. The van der Waals surface area contributed by atoms with Crippen molar-refractivity contribution in [2.75, 3.05) is 4.90 Å². The molecule has 0 unspecified atom stereocenters. The normalized spacial score (nSPS) is 11.2. The average molecular weight is 563 g/mol. The Kier molecular flexibility index (Phi) is 6.51. The highest BCUT2D eigenvalue weighted by Gasteiger charge is 2.16. The summed E-state index contributed by atoms with van der Waals surface area (Å²) < 4.78 is 2.36. The van der Waals surface area contributed by atoms with Crippen LogP contribution < -0.4 is 4.90 Å². The number of hydrogen-bond acceptors (Lipinski definition) is 1. The van der Waals surface area contributed by atoms with Gasteiger partial charge < -0.3 is 9.47 Å². The van der Waals surface area contributed by atoms with E-state index in [9.17, 15) is 0 Å². The van der Waals surface area contributed by atoms with E-state index < -0.39 is 0 Å². The third kappa shape index (κ3) is 4.63. The predicted molar refractivity (Wildman–Crippen MR) is 186 cm³/mol. The Bertz CT molecular complexity index is 2190. The molecule has 0 saturated carbocycles. The lowest BCUT2D eigenvalue weighted by molar-refractivity contribution is 1.13. The highest BCUT2D eigenvalue weighted by atomic mass is 15.1. The van der Waals surface area contributed by atoms with Gasteiger partial charge >= 0.3 is 0 Å². The fourth-order valence-electron chi connectivity index (χ4n) is 6.27. The molecule has 0 atom stereocenters. The number of rotatable bonds is 6. The minimum Gasteiger partial charge on any atom is -0.310 e. The zero-order chi connectivity index (χ0) is 29.3. The molecule has 0 amide bonds. The van der Waals surface area contributed by atoms with Crippen LogP contribution in [0.2, 0.25) is 0 Å². The molecule has 2 nitrogen and oxygen atoms in total. The van der Waals surface area contributed by atoms with Crippen molar-refractivity contribution in [1.82, 2.24) is 4.57 Å². The Morgan fingerprint density at radius 2 is 0.955 bits per heavy atom. The summed E-state index contributed by atoms with van der Waals surface area (Å²) in [5.74, 6) is 0. The molecule has 0 aliphatic rings. The van der Waals surface area contributed by atoms with Crippen LogP contribution in [0, 0.1) is 0 Å². The second-order valence-corrected chi connectivity index (χ2v) is 11.1. The van der Waals surface area contributed by atoms with Gasteiger partial charge in [-0.1, -0.05) is 127 Å². The Hall–Kier alpha value is -5.86. The predicted octanol–water partition coefficient (Wildman–Crippen LogP) is 11.6. The number of para-hydroxylation sites is 2. The lowest BCUT2D eigenvalue weighted by Crippen LogP contribution is -2.10. The maximum Gasteiger partial charge on any atom is 0.0540 e. The van der Waals surface area contributed by atoms with Gasteiger partial charge in [0.05, 0.1) is 16.9 Å². The van der Waals surface area contributed by atoms with Crippen LogP contribution in [0.5, 0.6) is 0 Å². The molecule has 1 heterocycles. The zero-order valence-electron chi connectivity index (χ0n) is 24.2. The van der Waals surface area contributed by atoms with E-state index in [2.05, 4.69) is 191 Å². The average Bonchev–Trinajstić information content (AvgIpc) is 3.50. The molecule has 8 aromatic rings. The Labute approximate surface area is 257 Å². The van der Waals surface area contributed by atoms with Crippen molar-refractivity contribution >= 4 is 38.7 Å². The van der Waals surface area contributed by atoms with Gasteiger partial charge in [-0.3, -0.25) is 0 Å². The van der Waals surface area contributed by atoms with Gasteiger partial charge in [-0.25, -0.2) is 0 Å². The lowest BCUT2D eigenvalue weighted by Gasteiger charge is -2.27. The first-order valence-electron chi connectivity index (χ1n) is 15.0. The van der Waals surface area contributed by atoms with E-state index in [0.29, 0.717) is 0 Å². The topological polar surface area (TPSA) is 8.17 Å². The number of nitrogens with zero attached hydrogens (tertiary/aromatic N) is 2. The molecule has 0 fully saturated rings. The van der Waals surface area contributed by atoms with Gasteiger partial charge in [-0.15, -0.1) is 0 Å². The second-order valence-electron chi connectivity index (χ2n) is 11.1. The van der Waals surface area contributed by atoms with E-state index in [1.807, 2.05) is 0 Å². The van der Waals surface area contributed by atoms with Crippen LogP contribution in [0.3, 0.4) is 0 Å². The van der Waals surface area contributed by atoms with Crippen LogP contribution in [0.25, 0.3) is 49.7 Å². The van der Waals surface area contributed by atoms with Crippen LogP contribution in [0.1, 0.15) is 0 Å². The summed E-state index contributed by atoms with van der Waals surface area (Å²) in [5.41, 5.74) is 10.6. The molecule has 0 saturated heterocycles. The summed E-state index contributed by atoms with van der Waals surface area (Å²) in [7, 11) is 0. The molecule has 7 aromatic carbocycles. The summed E-state index contributed by atoms with van der Waals surface area (Å²) in [4.78, 5) is 2.34. The molecule has 8 rings (SSSR count). The summed E-state index contributed by atoms with van der Waals surface area (Å²) in [5, 5.41) is 3.69. The number of anilines is 3. The first-order valence-corrected chi connectivity index (χ1v) is 15.0. The van der Waals surface area contributed by atoms with E-state index in [1.54, 1.807) is 0 Å². The number of fused-ring (bicyclic) bond motifs is 2. The third-order valence-corrected chi connectivity index (χ3v) is 8.39. The third-order valence-electron chi connectivity index (χ3n) is 8.39. The van der Waals surface area contributed by atoms with Gasteiger partial charge in [0.15, 0.2) is 0 Å². The zero-order valence-corrected chi connectivity index (χ0v) is 24.2. The molecule has 2 heteroatoms. The first kappa shape index (κ1) is 25.8. The second kappa shape index (κ2) is 11.1. The monoisotopic (exact) mass is 562 g/mol. The van der Waals surface area contributed by atoms with Crippen LogP contribution in [-0.4, -0.2) is 4.57 Å². The molecule has 0 spiro atoms. The fraction of sp³-hybridized carbons (Fsp3) is 0. The molecule has 0 aliphatic carbocycles. The minimum absolute atomic E-state index is 1.12. The minimum atomic E-state index is 1.12. The fourth-order valence-corrected chi connectivity index (χ4v) is 6.27. The number of hydrogen-bond donors (Lipinski definition) is 0. The highest BCUT2D eigenvalue weighted by molar-refractivity contribution is 5.99. The van der Waals surface area contributed by atoms with Crippen LogP contribution >= 0.6 is 0 Å². The van der Waals surface area contributed by atoms with Crippen molar-refractivity contribution in [3.63, 3.8) is 0 Å². The van der Waals surface area contributed by atoms with E-state index in [1.165, 1.54) is 49.7 Å². The molecule has 208 valence electrons. The highest BCUT2D eigenvalue weighted by Crippen LogP contribution is 2.39. The quantitative estimate of drug-likeness (QED) is 0.196. The van der Waals surface area contributed by atoms with E-state index >= 15 is 0 Å². The molecule has 0 bridgehead atoms. The summed E-state index contributed by atoms with van der Waals surface area (Å²) >= 11 is 0. The molecule has 0 radical (unpaired) electrons. The number of aromatic nitrogens is 1. The SMILES string of the molecule is c1ccc(-c2cc3ccccc3n2-c2ccc(-c3ccc(N(c4ccccc4)c4cccc5ccccc45)cc3)cc2)cc1. The molecule has 0 aliphatic heterocycles. The van der Waals surface area contributed by atoms with E-state index in [4.69, 9.17) is 0 Å². The van der Waals surface area contributed by atoms with Crippen molar-refractivity contribution < 1.29 is 0 Å². The van der Waals surface area contributed by atoms with Gasteiger partial charge in [0.2, 0.25) is 0 Å².